The lowest BCUT2D eigenvalue weighted by atomic mass is 10.2. The van der Waals surface area contributed by atoms with Crippen molar-refractivity contribution in [3.05, 3.63) is 59.4 Å². The largest absolute Gasteiger partial charge is 0.497 e. The van der Waals surface area contributed by atoms with Crippen LogP contribution in [0.15, 0.2) is 42.5 Å². The normalized spacial score (nSPS) is 10.1. The second-order valence-electron chi connectivity index (χ2n) is 4.96. The molecule has 0 aliphatic rings. The number of ether oxygens (including phenoxy) is 1. The van der Waals surface area contributed by atoms with E-state index in [-0.39, 0.29) is 18.3 Å². The summed E-state index contributed by atoms with van der Waals surface area (Å²) in [6, 6.07) is 12.3. The summed E-state index contributed by atoms with van der Waals surface area (Å²) in [6.07, 6.45) is 0. The van der Waals surface area contributed by atoms with Gasteiger partial charge in [-0.15, -0.1) is 0 Å². The summed E-state index contributed by atoms with van der Waals surface area (Å²) >= 11 is 0. The summed E-state index contributed by atoms with van der Waals surface area (Å²) in [4.78, 5) is 11.8. The summed E-state index contributed by atoms with van der Waals surface area (Å²) in [6.45, 7) is 2.26. The smallest absolute Gasteiger partial charge is 0.239 e. The first kappa shape index (κ1) is 15.8. The van der Waals surface area contributed by atoms with Gasteiger partial charge in [0.15, 0.2) is 0 Å². The van der Waals surface area contributed by atoms with E-state index in [1.165, 1.54) is 6.07 Å². The monoisotopic (exact) mass is 302 g/mol. The highest BCUT2D eigenvalue weighted by molar-refractivity contribution is 5.80. The van der Waals surface area contributed by atoms with E-state index in [9.17, 15) is 9.18 Å². The zero-order chi connectivity index (χ0) is 15.9. The van der Waals surface area contributed by atoms with E-state index in [0.717, 1.165) is 16.9 Å². The molecule has 0 heterocycles. The van der Waals surface area contributed by atoms with Crippen LogP contribution in [0.4, 0.5) is 10.1 Å². The van der Waals surface area contributed by atoms with Gasteiger partial charge in [-0.25, -0.2) is 4.39 Å². The van der Waals surface area contributed by atoms with Crippen molar-refractivity contribution in [3.63, 3.8) is 0 Å². The fourth-order valence-corrected chi connectivity index (χ4v) is 1.95. The second kappa shape index (κ2) is 7.45. The molecule has 1 amide bonds. The van der Waals surface area contributed by atoms with Crippen molar-refractivity contribution in [3.8, 4) is 5.75 Å². The Hall–Kier alpha value is -2.56. The number of carbonyl (C=O) groups is 1. The Balaban J connectivity index is 1.80. The molecule has 0 aromatic heterocycles. The van der Waals surface area contributed by atoms with Crippen molar-refractivity contribution in [1.82, 2.24) is 5.32 Å². The van der Waals surface area contributed by atoms with Gasteiger partial charge in [-0.05, 0) is 42.3 Å². The van der Waals surface area contributed by atoms with Crippen LogP contribution in [-0.2, 0) is 11.3 Å². The summed E-state index contributed by atoms with van der Waals surface area (Å²) in [5.74, 6) is 0.213. The van der Waals surface area contributed by atoms with E-state index in [2.05, 4.69) is 10.6 Å². The average Bonchev–Trinajstić information content (AvgIpc) is 2.52. The molecule has 0 saturated heterocycles. The predicted molar refractivity (Wildman–Crippen MR) is 84.5 cm³/mol. The molecular formula is C17H19FN2O2. The van der Waals surface area contributed by atoms with E-state index >= 15 is 0 Å². The van der Waals surface area contributed by atoms with E-state index in [1.807, 2.05) is 31.2 Å². The third-order valence-corrected chi connectivity index (χ3v) is 3.21. The molecule has 0 atom stereocenters. The minimum atomic E-state index is -0.358. The van der Waals surface area contributed by atoms with Gasteiger partial charge in [0.1, 0.15) is 11.6 Å². The predicted octanol–water partition coefficient (Wildman–Crippen LogP) is 2.87. The van der Waals surface area contributed by atoms with Gasteiger partial charge >= 0.3 is 0 Å². The van der Waals surface area contributed by atoms with Gasteiger partial charge in [0.2, 0.25) is 5.91 Å². The molecule has 116 valence electrons. The number of nitrogens with one attached hydrogen (secondary N) is 2. The topological polar surface area (TPSA) is 50.4 Å². The highest BCUT2D eigenvalue weighted by atomic mass is 19.1. The zero-order valence-electron chi connectivity index (χ0n) is 12.7. The SMILES string of the molecule is COc1ccc(CNC(=O)CNc2ccc(C)cc2F)cc1. The summed E-state index contributed by atoms with van der Waals surface area (Å²) in [7, 11) is 1.60. The van der Waals surface area contributed by atoms with Crippen LogP contribution in [0.25, 0.3) is 0 Å². The quantitative estimate of drug-likeness (QED) is 0.862. The van der Waals surface area contributed by atoms with Gasteiger partial charge in [-0.3, -0.25) is 4.79 Å². The number of hydrogen-bond acceptors (Lipinski definition) is 3. The molecule has 2 aromatic carbocycles. The molecule has 0 saturated carbocycles. The third-order valence-electron chi connectivity index (χ3n) is 3.21. The Bertz CT molecular complexity index is 642. The lowest BCUT2D eigenvalue weighted by molar-refractivity contribution is -0.119. The Morgan fingerprint density at radius 2 is 1.91 bits per heavy atom. The second-order valence-corrected chi connectivity index (χ2v) is 4.96. The Morgan fingerprint density at radius 1 is 1.18 bits per heavy atom. The van der Waals surface area contributed by atoms with Gasteiger partial charge in [0.25, 0.3) is 0 Å². The molecule has 0 radical (unpaired) electrons. The molecule has 2 N–H and O–H groups in total. The Morgan fingerprint density at radius 3 is 2.55 bits per heavy atom. The van der Waals surface area contributed by atoms with Gasteiger partial charge < -0.3 is 15.4 Å². The molecule has 4 nitrogen and oxygen atoms in total. The molecule has 0 spiro atoms. The maximum absolute atomic E-state index is 13.6. The fraction of sp³-hybridized carbons (Fsp3) is 0.235. The van der Waals surface area contributed by atoms with E-state index in [4.69, 9.17) is 4.74 Å². The average molecular weight is 302 g/mol. The van der Waals surface area contributed by atoms with Crippen molar-refractivity contribution < 1.29 is 13.9 Å². The first-order chi connectivity index (χ1) is 10.6. The van der Waals surface area contributed by atoms with Crippen molar-refractivity contribution in [2.45, 2.75) is 13.5 Å². The van der Waals surface area contributed by atoms with Crippen molar-refractivity contribution >= 4 is 11.6 Å². The standard InChI is InChI=1S/C17H19FN2O2/c1-12-3-8-16(15(18)9-12)19-11-17(21)20-10-13-4-6-14(22-2)7-5-13/h3-9,19H,10-11H2,1-2H3,(H,20,21). The molecule has 2 aromatic rings. The fourth-order valence-electron chi connectivity index (χ4n) is 1.95. The number of halogens is 1. The summed E-state index contributed by atoms with van der Waals surface area (Å²) in [5, 5.41) is 5.56. The highest BCUT2D eigenvalue weighted by Crippen LogP contribution is 2.14. The number of methoxy groups -OCH3 is 1. The molecule has 22 heavy (non-hydrogen) atoms. The molecule has 5 heteroatoms. The first-order valence-corrected chi connectivity index (χ1v) is 6.98. The van der Waals surface area contributed by atoms with Gasteiger partial charge in [0, 0.05) is 6.54 Å². The van der Waals surface area contributed by atoms with Crippen LogP contribution in [-0.4, -0.2) is 19.6 Å². The molecule has 0 fully saturated rings. The van der Waals surface area contributed by atoms with Crippen molar-refractivity contribution in [2.75, 3.05) is 19.0 Å². The first-order valence-electron chi connectivity index (χ1n) is 6.98. The van der Waals surface area contributed by atoms with Crippen LogP contribution in [0.2, 0.25) is 0 Å². The number of hydrogen-bond donors (Lipinski definition) is 2. The lowest BCUT2D eigenvalue weighted by Crippen LogP contribution is -2.29. The molecule has 0 aliphatic carbocycles. The van der Waals surface area contributed by atoms with Crippen LogP contribution in [0.1, 0.15) is 11.1 Å². The number of rotatable bonds is 6. The van der Waals surface area contributed by atoms with Crippen LogP contribution in [0.3, 0.4) is 0 Å². The summed E-state index contributed by atoms with van der Waals surface area (Å²) in [5.41, 5.74) is 2.13. The number of carbonyl (C=O) groups excluding carboxylic acids is 1. The molecular weight excluding hydrogens is 283 g/mol. The Labute approximate surface area is 129 Å². The van der Waals surface area contributed by atoms with Crippen LogP contribution < -0.4 is 15.4 Å². The minimum absolute atomic E-state index is 0.0239. The maximum Gasteiger partial charge on any atom is 0.239 e. The van der Waals surface area contributed by atoms with Gasteiger partial charge in [-0.1, -0.05) is 18.2 Å². The molecule has 0 aliphatic heterocycles. The zero-order valence-corrected chi connectivity index (χ0v) is 12.7. The van der Waals surface area contributed by atoms with Gasteiger partial charge in [-0.2, -0.15) is 0 Å². The van der Waals surface area contributed by atoms with Crippen molar-refractivity contribution in [1.29, 1.82) is 0 Å². The number of aryl methyl sites for hydroxylation is 1. The summed E-state index contributed by atoms with van der Waals surface area (Å²) < 4.78 is 18.7. The molecule has 2 rings (SSSR count). The van der Waals surface area contributed by atoms with Gasteiger partial charge in [0.05, 0.1) is 19.3 Å². The van der Waals surface area contributed by atoms with Crippen LogP contribution in [0.5, 0.6) is 5.75 Å². The van der Waals surface area contributed by atoms with E-state index in [1.54, 1.807) is 19.2 Å². The number of benzene rings is 2. The highest BCUT2D eigenvalue weighted by Gasteiger charge is 2.05. The van der Waals surface area contributed by atoms with Crippen LogP contribution in [0, 0.1) is 12.7 Å². The number of anilines is 1. The number of amides is 1. The van der Waals surface area contributed by atoms with E-state index < -0.39 is 0 Å². The Kier molecular flexibility index (Phi) is 5.36. The van der Waals surface area contributed by atoms with Crippen molar-refractivity contribution in [2.24, 2.45) is 0 Å². The lowest BCUT2D eigenvalue weighted by Gasteiger charge is -2.09. The third kappa shape index (κ3) is 4.48. The molecule has 0 unspecified atom stereocenters. The molecule has 0 bridgehead atoms. The van der Waals surface area contributed by atoms with Crippen LogP contribution >= 0.6 is 0 Å². The maximum atomic E-state index is 13.6. The van der Waals surface area contributed by atoms with E-state index in [0.29, 0.717) is 12.2 Å². The minimum Gasteiger partial charge on any atom is -0.497 e.